The van der Waals surface area contributed by atoms with E-state index in [-0.39, 0.29) is 18.1 Å². The molecule has 0 radical (unpaired) electrons. The van der Waals surface area contributed by atoms with E-state index in [1.54, 1.807) is 25.3 Å². The van der Waals surface area contributed by atoms with Crippen molar-refractivity contribution in [2.75, 3.05) is 6.61 Å². The van der Waals surface area contributed by atoms with Crippen LogP contribution in [-0.2, 0) is 4.74 Å². The highest BCUT2D eigenvalue weighted by molar-refractivity contribution is 7.18. The Morgan fingerprint density at radius 1 is 1.35 bits per heavy atom. The molecule has 0 spiro atoms. The number of ether oxygens (including phenoxy) is 1. The minimum absolute atomic E-state index is 0.228. The summed E-state index contributed by atoms with van der Waals surface area (Å²) in [4.78, 5) is 24.4. The smallest absolute Gasteiger partial charge is 0.358 e. The molecule has 3 rings (SSSR count). The first-order chi connectivity index (χ1) is 11.1. The van der Waals surface area contributed by atoms with Crippen molar-refractivity contribution in [1.82, 2.24) is 15.0 Å². The van der Waals surface area contributed by atoms with E-state index in [4.69, 9.17) is 4.74 Å². The third-order valence-electron chi connectivity index (χ3n) is 3.14. The zero-order valence-corrected chi connectivity index (χ0v) is 13.4. The molecule has 0 aliphatic heterocycles. The fraction of sp³-hybridized carbons (Fsp3) is 0.188. The van der Waals surface area contributed by atoms with E-state index < -0.39 is 5.97 Å². The molecule has 1 aromatic carbocycles. The Hall–Kier alpha value is -2.54. The third kappa shape index (κ3) is 3.14. The summed E-state index contributed by atoms with van der Waals surface area (Å²) < 4.78 is 18.2. The monoisotopic (exact) mass is 331 g/mol. The van der Waals surface area contributed by atoms with Crippen LogP contribution in [0.3, 0.4) is 0 Å². The zero-order valence-electron chi connectivity index (χ0n) is 12.6. The summed E-state index contributed by atoms with van der Waals surface area (Å²) >= 11 is 1.33. The number of hydrogen-bond donors (Lipinski definition) is 1. The molecular formula is C16H14FN3O2S. The molecule has 1 N–H and O–H groups in total. The zero-order chi connectivity index (χ0) is 16.4. The number of aromatic nitrogens is 3. The molecule has 0 unspecified atom stereocenters. The van der Waals surface area contributed by atoms with Gasteiger partial charge in [0, 0.05) is 0 Å². The van der Waals surface area contributed by atoms with Crippen molar-refractivity contribution in [3.05, 3.63) is 47.8 Å². The molecule has 2 heterocycles. The number of aromatic amines is 1. The van der Waals surface area contributed by atoms with Gasteiger partial charge in [-0.2, -0.15) is 0 Å². The van der Waals surface area contributed by atoms with Crippen molar-refractivity contribution in [3.8, 4) is 21.1 Å². The molecule has 3 aromatic rings. The minimum Gasteiger partial charge on any atom is -0.461 e. The minimum atomic E-state index is -0.495. The van der Waals surface area contributed by atoms with Crippen LogP contribution in [0.5, 0.6) is 0 Å². The normalized spacial score (nSPS) is 10.7. The Morgan fingerprint density at radius 3 is 2.70 bits per heavy atom. The second-order valence-electron chi connectivity index (χ2n) is 4.81. The Labute approximate surface area is 136 Å². The van der Waals surface area contributed by atoms with Crippen LogP contribution in [0.25, 0.3) is 21.1 Å². The van der Waals surface area contributed by atoms with Gasteiger partial charge in [0.1, 0.15) is 16.6 Å². The van der Waals surface area contributed by atoms with E-state index in [1.807, 2.05) is 6.92 Å². The Bertz CT molecular complexity index is 839. The van der Waals surface area contributed by atoms with Gasteiger partial charge in [-0.15, -0.1) is 11.3 Å². The molecule has 0 aliphatic carbocycles. The molecule has 0 saturated heterocycles. The van der Waals surface area contributed by atoms with Gasteiger partial charge in [-0.3, -0.25) is 0 Å². The number of nitrogens with one attached hydrogen (secondary N) is 1. The number of halogens is 1. The van der Waals surface area contributed by atoms with E-state index >= 15 is 0 Å². The number of carbonyl (C=O) groups excluding carboxylic acids is 1. The Kier molecular flexibility index (Phi) is 4.20. The maximum atomic E-state index is 13.1. The number of rotatable bonds is 4. The van der Waals surface area contributed by atoms with Crippen LogP contribution < -0.4 is 0 Å². The van der Waals surface area contributed by atoms with Gasteiger partial charge < -0.3 is 9.72 Å². The summed E-state index contributed by atoms with van der Waals surface area (Å²) in [7, 11) is 0. The molecule has 0 aliphatic rings. The number of imidazole rings is 1. The van der Waals surface area contributed by atoms with Crippen LogP contribution in [-0.4, -0.2) is 27.5 Å². The third-order valence-corrected chi connectivity index (χ3v) is 4.27. The molecule has 0 fully saturated rings. The molecule has 7 heteroatoms. The number of nitrogens with zero attached hydrogens (tertiary/aromatic N) is 2. The molecule has 0 saturated carbocycles. The van der Waals surface area contributed by atoms with Gasteiger partial charge >= 0.3 is 5.97 Å². The fourth-order valence-corrected chi connectivity index (χ4v) is 3.12. The van der Waals surface area contributed by atoms with Gasteiger partial charge in [0.15, 0.2) is 5.69 Å². The van der Waals surface area contributed by atoms with Gasteiger partial charge in [0.25, 0.3) is 0 Å². The highest BCUT2D eigenvalue weighted by atomic mass is 32.1. The van der Waals surface area contributed by atoms with Crippen molar-refractivity contribution in [3.63, 3.8) is 0 Å². The second-order valence-corrected chi connectivity index (χ2v) is 5.81. The van der Waals surface area contributed by atoms with Crippen LogP contribution in [0.15, 0.2) is 30.5 Å². The van der Waals surface area contributed by atoms with Crippen LogP contribution in [0.1, 0.15) is 23.2 Å². The SMILES string of the molecule is CCOC(=O)c1nc(-c2cnc(C)[nH]2)sc1-c1ccc(F)cc1. The molecular weight excluding hydrogens is 317 g/mol. The molecule has 23 heavy (non-hydrogen) atoms. The average molecular weight is 331 g/mol. The second kappa shape index (κ2) is 6.29. The highest BCUT2D eigenvalue weighted by Crippen LogP contribution is 2.35. The number of hydrogen-bond acceptors (Lipinski definition) is 5. The van der Waals surface area contributed by atoms with E-state index in [1.165, 1.54) is 23.5 Å². The average Bonchev–Trinajstić information content (AvgIpc) is 3.14. The number of carbonyl (C=O) groups is 1. The number of aryl methyl sites for hydroxylation is 1. The summed E-state index contributed by atoms with van der Waals surface area (Å²) in [6.07, 6.45) is 1.66. The number of benzene rings is 1. The predicted octanol–water partition coefficient (Wildman–Crippen LogP) is 3.82. The van der Waals surface area contributed by atoms with E-state index in [0.29, 0.717) is 9.88 Å². The first-order valence-electron chi connectivity index (χ1n) is 7.04. The maximum Gasteiger partial charge on any atom is 0.358 e. The van der Waals surface area contributed by atoms with Crippen molar-refractivity contribution >= 4 is 17.3 Å². The van der Waals surface area contributed by atoms with Gasteiger partial charge in [0.2, 0.25) is 0 Å². The van der Waals surface area contributed by atoms with Crippen molar-refractivity contribution < 1.29 is 13.9 Å². The fourth-order valence-electron chi connectivity index (χ4n) is 2.10. The highest BCUT2D eigenvalue weighted by Gasteiger charge is 2.22. The summed E-state index contributed by atoms with van der Waals surface area (Å²) in [5.41, 5.74) is 1.67. The summed E-state index contributed by atoms with van der Waals surface area (Å²) in [5.74, 6) is -0.0675. The first kappa shape index (κ1) is 15.4. The van der Waals surface area contributed by atoms with Gasteiger partial charge in [-0.1, -0.05) is 12.1 Å². The molecule has 0 amide bonds. The molecule has 118 valence electrons. The first-order valence-corrected chi connectivity index (χ1v) is 7.86. The van der Waals surface area contributed by atoms with Gasteiger partial charge in [-0.25, -0.2) is 19.2 Å². The number of H-pyrrole nitrogens is 1. The molecule has 2 aromatic heterocycles. The lowest BCUT2D eigenvalue weighted by atomic mass is 10.1. The van der Waals surface area contributed by atoms with Crippen LogP contribution in [0, 0.1) is 12.7 Å². The largest absolute Gasteiger partial charge is 0.461 e. The van der Waals surface area contributed by atoms with Crippen molar-refractivity contribution in [2.45, 2.75) is 13.8 Å². The van der Waals surface area contributed by atoms with Crippen molar-refractivity contribution in [2.24, 2.45) is 0 Å². The molecule has 5 nitrogen and oxygen atoms in total. The van der Waals surface area contributed by atoms with Gasteiger partial charge in [-0.05, 0) is 31.5 Å². The number of thiazole rings is 1. The van der Waals surface area contributed by atoms with E-state index in [9.17, 15) is 9.18 Å². The Morgan fingerprint density at radius 2 is 2.09 bits per heavy atom. The molecule has 0 bridgehead atoms. The predicted molar refractivity (Wildman–Crippen MR) is 85.8 cm³/mol. The van der Waals surface area contributed by atoms with E-state index in [0.717, 1.165) is 17.1 Å². The van der Waals surface area contributed by atoms with Crippen LogP contribution in [0.2, 0.25) is 0 Å². The lowest BCUT2D eigenvalue weighted by molar-refractivity contribution is 0.0521. The lowest BCUT2D eigenvalue weighted by Gasteiger charge is -2.02. The Balaban J connectivity index is 2.10. The van der Waals surface area contributed by atoms with Crippen LogP contribution >= 0.6 is 11.3 Å². The maximum absolute atomic E-state index is 13.1. The summed E-state index contributed by atoms with van der Waals surface area (Å²) in [5, 5.41) is 0.632. The summed E-state index contributed by atoms with van der Waals surface area (Å²) in [6, 6.07) is 5.94. The summed E-state index contributed by atoms with van der Waals surface area (Å²) in [6.45, 7) is 3.84. The standard InChI is InChI=1S/C16H14FN3O2S/c1-3-22-16(21)13-14(10-4-6-11(17)7-5-10)23-15(20-13)12-8-18-9(2)19-12/h4-8H,3H2,1-2H3,(H,18,19). The quantitative estimate of drug-likeness (QED) is 0.738. The lowest BCUT2D eigenvalue weighted by Crippen LogP contribution is -2.06. The topological polar surface area (TPSA) is 67.9 Å². The van der Waals surface area contributed by atoms with Crippen molar-refractivity contribution in [1.29, 1.82) is 0 Å². The van der Waals surface area contributed by atoms with Crippen LogP contribution in [0.4, 0.5) is 4.39 Å². The molecule has 0 atom stereocenters. The van der Waals surface area contributed by atoms with Gasteiger partial charge in [0.05, 0.1) is 23.4 Å². The number of esters is 1. The van der Waals surface area contributed by atoms with E-state index in [2.05, 4.69) is 15.0 Å².